The van der Waals surface area contributed by atoms with Crippen molar-refractivity contribution >= 4 is 0 Å². The van der Waals surface area contributed by atoms with Crippen LogP contribution in [-0.2, 0) is 6.42 Å². The fourth-order valence-corrected chi connectivity index (χ4v) is 2.40. The summed E-state index contributed by atoms with van der Waals surface area (Å²) in [4.78, 5) is 0. The van der Waals surface area contributed by atoms with Gasteiger partial charge < -0.3 is 0 Å². The van der Waals surface area contributed by atoms with Gasteiger partial charge in [0.2, 0.25) is 0 Å². The Kier molecular flexibility index (Phi) is 5.74. The molecule has 0 heteroatoms. The van der Waals surface area contributed by atoms with Gasteiger partial charge in [-0.2, -0.15) is 0 Å². The van der Waals surface area contributed by atoms with Gasteiger partial charge in [0.15, 0.2) is 0 Å². The Balaban J connectivity index is 2.60. The monoisotopic (exact) mass is 231 g/mol. The van der Waals surface area contributed by atoms with Crippen molar-refractivity contribution in [1.29, 1.82) is 0 Å². The molecule has 17 heavy (non-hydrogen) atoms. The molecule has 1 radical (unpaired) electrons. The molecule has 0 unspecified atom stereocenters. The number of benzene rings is 1. The molecule has 1 aromatic carbocycles. The fourth-order valence-electron chi connectivity index (χ4n) is 2.40. The van der Waals surface area contributed by atoms with Gasteiger partial charge in [0.05, 0.1) is 0 Å². The molecule has 0 heterocycles. The third-order valence-corrected chi connectivity index (χ3v) is 4.04. The van der Waals surface area contributed by atoms with Crippen LogP contribution in [0.15, 0.2) is 6.07 Å². The molecule has 1 aromatic rings. The molecule has 95 valence electrons. The van der Waals surface area contributed by atoms with Gasteiger partial charge in [0, 0.05) is 0 Å². The van der Waals surface area contributed by atoms with Crippen LogP contribution in [0.4, 0.5) is 0 Å². The lowest BCUT2D eigenvalue weighted by Gasteiger charge is -2.14. The molecule has 0 spiro atoms. The first-order valence-electron chi connectivity index (χ1n) is 6.93. The molecule has 0 bridgehead atoms. The van der Waals surface area contributed by atoms with Gasteiger partial charge in [0.25, 0.3) is 0 Å². The summed E-state index contributed by atoms with van der Waals surface area (Å²) in [6, 6.07) is 2.39. The van der Waals surface area contributed by atoms with Crippen LogP contribution in [0.1, 0.15) is 59.9 Å². The molecule has 0 N–H and O–H groups in total. The highest BCUT2D eigenvalue weighted by atomic mass is 14.1. The molecule has 0 fully saturated rings. The Morgan fingerprint density at radius 2 is 1.47 bits per heavy atom. The summed E-state index contributed by atoms with van der Waals surface area (Å²) >= 11 is 0. The van der Waals surface area contributed by atoms with Crippen LogP contribution < -0.4 is 0 Å². The molecule has 0 saturated carbocycles. The van der Waals surface area contributed by atoms with Crippen molar-refractivity contribution < 1.29 is 0 Å². The summed E-state index contributed by atoms with van der Waals surface area (Å²) in [7, 11) is 0. The Morgan fingerprint density at radius 3 is 2.12 bits per heavy atom. The Hall–Kier alpha value is -0.780. The molecule has 0 atom stereocenters. The molecule has 0 amide bonds. The number of hydrogen-bond donors (Lipinski definition) is 0. The molecule has 1 rings (SSSR count). The quantitative estimate of drug-likeness (QED) is 0.587. The van der Waals surface area contributed by atoms with E-state index in [-0.39, 0.29) is 0 Å². The van der Waals surface area contributed by atoms with Crippen LogP contribution in [0.3, 0.4) is 0 Å². The van der Waals surface area contributed by atoms with Crippen LogP contribution in [0.5, 0.6) is 0 Å². The van der Waals surface area contributed by atoms with Crippen molar-refractivity contribution in [2.75, 3.05) is 0 Å². The van der Waals surface area contributed by atoms with Gasteiger partial charge >= 0.3 is 0 Å². The Morgan fingerprint density at radius 1 is 0.824 bits per heavy atom. The first-order valence-corrected chi connectivity index (χ1v) is 6.93. The minimum atomic E-state index is 1.09. The molecular weight excluding hydrogens is 204 g/mol. The van der Waals surface area contributed by atoms with Crippen LogP contribution in [0.2, 0.25) is 0 Å². The largest absolute Gasteiger partial charge is 0.0556 e. The van der Waals surface area contributed by atoms with Crippen molar-refractivity contribution in [1.82, 2.24) is 0 Å². The van der Waals surface area contributed by atoms with E-state index >= 15 is 0 Å². The van der Waals surface area contributed by atoms with E-state index in [2.05, 4.69) is 40.7 Å². The average molecular weight is 231 g/mol. The summed E-state index contributed by atoms with van der Waals surface area (Å²) in [6.07, 6.45) is 7.62. The highest BCUT2D eigenvalue weighted by molar-refractivity contribution is 5.43. The zero-order valence-corrected chi connectivity index (χ0v) is 12.0. The van der Waals surface area contributed by atoms with Gasteiger partial charge in [-0.25, -0.2) is 0 Å². The van der Waals surface area contributed by atoms with E-state index in [1.165, 1.54) is 54.4 Å². The Labute approximate surface area is 107 Å². The van der Waals surface area contributed by atoms with Gasteiger partial charge in [0.1, 0.15) is 0 Å². The molecule has 0 aromatic heterocycles. The summed E-state index contributed by atoms with van der Waals surface area (Å²) in [6.45, 7) is 12.9. The maximum atomic E-state index is 3.89. The predicted octanol–water partition coefficient (Wildman–Crippen LogP) is 5.25. The Bertz CT molecular complexity index is 361. The van der Waals surface area contributed by atoms with E-state index in [0.29, 0.717) is 0 Å². The summed E-state index contributed by atoms with van der Waals surface area (Å²) in [5, 5.41) is 0. The minimum Gasteiger partial charge on any atom is -0.0556 e. The second-order valence-electron chi connectivity index (χ2n) is 5.25. The highest BCUT2D eigenvalue weighted by Crippen LogP contribution is 2.22. The van der Waals surface area contributed by atoms with E-state index in [9.17, 15) is 0 Å². The van der Waals surface area contributed by atoms with E-state index < -0.39 is 0 Å². The maximum Gasteiger partial charge on any atom is -0.0276 e. The van der Waals surface area contributed by atoms with E-state index in [0.717, 1.165) is 6.42 Å². The van der Waals surface area contributed by atoms with Gasteiger partial charge in [-0.05, 0) is 68.4 Å². The summed E-state index contributed by atoms with van der Waals surface area (Å²) in [5.74, 6) is 0. The molecule has 0 nitrogen and oxygen atoms in total. The molecule has 0 aliphatic heterocycles. The first kappa shape index (κ1) is 14.3. The predicted molar refractivity (Wildman–Crippen MR) is 77.5 cm³/mol. The molecular formula is C17H27. The molecule has 0 aliphatic rings. The van der Waals surface area contributed by atoms with E-state index in [4.69, 9.17) is 0 Å². The third-order valence-electron chi connectivity index (χ3n) is 4.04. The van der Waals surface area contributed by atoms with E-state index in [1.54, 1.807) is 5.56 Å². The zero-order valence-electron chi connectivity index (χ0n) is 12.0. The second-order valence-corrected chi connectivity index (χ2v) is 5.25. The number of hydrogen-bond acceptors (Lipinski definition) is 0. The number of aryl methyl sites for hydroxylation is 2. The normalized spacial score (nSPS) is 10.9. The van der Waals surface area contributed by atoms with Crippen molar-refractivity contribution in [3.8, 4) is 0 Å². The number of unbranched alkanes of at least 4 members (excludes halogenated alkanes) is 4. The first-order chi connectivity index (χ1) is 8.07. The van der Waals surface area contributed by atoms with Crippen LogP contribution in [0.25, 0.3) is 0 Å². The van der Waals surface area contributed by atoms with Crippen LogP contribution in [0, 0.1) is 34.6 Å². The molecule has 0 saturated heterocycles. The average Bonchev–Trinajstić information content (AvgIpc) is 2.32. The lowest BCUT2D eigenvalue weighted by molar-refractivity contribution is 0.644. The second kappa shape index (κ2) is 6.83. The zero-order chi connectivity index (χ0) is 12.8. The lowest BCUT2D eigenvalue weighted by atomic mass is 9.92. The topological polar surface area (TPSA) is 0 Å². The van der Waals surface area contributed by atoms with Crippen molar-refractivity contribution in [2.24, 2.45) is 0 Å². The minimum absolute atomic E-state index is 1.09. The summed E-state index contributed by atoms with van der Waals surface area (Å²) < 4.78 is 0. The van der Waals surface area contributed by atoms with E-state index in [1.807, 2.05) is 0 Å². The molecule has 0 aliphatic carbocycles. The fraction of sp³-hybridized carbons (Fsp3) is 0.588. The third kappa shape index (κ3) is 3.87. The summed E-state index contributed by atoms with van der Waals surface area (Å²) in [5.41, 5.74) is 7.45. The van der Waals surface area contributed by atoms with Gasteiger partial charge in [-0.3, -0.25) is 0 Å². The standard InChI is InChI=1S/C17H27/c1-6-7-8-9-10-11-17-12-13(2)14(3)15(4)16(17)5/h12H,1,6-11H2,2-5H3. The lowest BCUT2D eigenvalue weighted by Crippen LogP contribution is -1.98. The highest BCUT2D eigenvalue weighted by Gasteiger charge is 2.06. The van der Waals surface area contributed by atoms with Crippen molar-refractivity contribution in [3.05, 3.63) is 40.8 Å². The SMILES string of the molecule is [CH2]CCCCCCc1cc(C)c(C)c(C)c1C. The smallest absolute Gasteiger partial charge is 0.0276 e. The van der Waals surface area contributed by atoms with Crippen LogP contribution >= 0.6 is 0 Å². The van der Waals surface area contributed by atoms with Crippen molar-refractivity contribution in [3.63, 3.8) is 0 Å². The van der Waals surface area contributed by atoms with Gasteiger partial charge in [-0.15, -0.1) is 0 Å². The maximum absolute atomic E-state index is 3.89. The number of rotatable bonds is 6. The van der Waals surface area contributed by atoms with Gasteiger partial charge in [-0.1, -0.05) is 38.7 Å². The van der Waals surface area contributed by atoms with Crippen molar-refractivity contribution in [2.45, 2.75) is 66.2 Å². The van der Waals surface area contributed by atoms with Crippen LogP contribution in [-0.4, -0.2) is 0 Å².